The third-order valence-corrected chi connectivity index (χ3v) is 7.65. The van der Waals surface area contributed by atoms with Gasteiger partial charge in [-0.25, -0.2) is 9.97 Å². The zero-order valence-corrected chi connectivity index (χ0v) is 23.3. The van der Waals surface area contributed by atoms with Gasteiger partial charge in [0, 0.05) is 44.1 Å². The summed E-state index contributed by atoms with van der Waals surface area (Å²) in [7, 11) is 1.33. The van der Waals surface area contributed by atoms with Crippen LogP contribution in [0.1, 0.15) is 22.3 Å². The van der Waals surface area contributed by atoms with E-state index in [0.717, 1.165) is 6.07 Å². The van der Waals surface area contributed by atoms with Gasteiger partial charge >= 0.3 is 12.4 Å². The lowest BCUT2D eigenvalue weighted by molar-refractivity contribution is -0.143. The summed E-state index contributed by atoms with van der Waals surface area (Å²) >= 11 is 1.23. The largest absolute Gasteiger partial charge is 0.493 e. The van der Waals surface area contributed by atoms with Crippen molar-refractivity contribution >= 4 is 34.9 Å². The van der Waals surface area contributed by atoms with E-state index in [2.05, 4.69) is 15.0 Å². The van der Waals surface area contributed by atoms with Gasteiger partial charge in [-0.2, -0.15) is 31.3 Å². The van der Waals surface area contributed by atoms with Crippen LogP contribution in [-0.2, 0) is 23.8 Å². The number of carbonyl (C=O) groups is 1. The number of thioether (sulfide) groups is 1. The van der Waals surface area contributed by atoms with Crippen molar-refractivity contribution in [2.75, 3.05) is 38.2 Å². The van der Waals surface area contributed by atoms with Gasteiger partial charge in [0.15, 0.2) is 16.7 Å². The molecule has 2 aromatic carbocycles. The van der Waals surface area contributed by atoms with Gasteiger partial charge in [-0.05, 0) is 53.7 Å². The van der Waals surface area contributed by atoms with Gasteiger partial charge in [-0.3, -0.25) is 4.79 Å². The Balaban J connectivity index is 1.25. The number of hydrogen-bond donors (Lipinski definition) is 0. The first-order valence-corrected chi connectivity index (χ1v) is 13.6. The number of alkyl halides is 6. The quantitative estimate of drug-likeness (QED) is 0.248. The van der Waals surface area contributed by atoms with Crippen LogP contribution in [0, 0.1) is 0 Å². The minimum Gasteiger partial charge on any atom is -0.493 e. The third kappa shape index (κ3) is 7.04. The van der Waals surface area contributed by atoms with Crippen LogP contribution in [0.5, 0.6) is 11.5 Å². The molecule has 1 saturated heterocycles. The van der Waals surface area contributed by atoms with Crippen LogP contribution < -0.4 is 14.4 Å². The van der Waals surface area contributed by atoms with Gasteiger partial charge in [0.25, 0.3) is 5.91 Å². The molecule has 0 spiro atoms. The first kappa shape index (κ1) is 30.2. The molecule has 2 aliphatic rings. The van der Waals surface area contributed by atoms with Crippen LogP contribution in [0.2, 0.25) is 0 Å². The zero-order chi connectivity index (χ0) is 30.8. The average Bonchev–Trinajstić information content (AvgIpc) is 3.35. The lowest BCUT2D eigenvalue weighted by atomic mass is 10.0. The Kier molecular flexibility index (Phi) is 8.53. The second kappa shape index (κ2) is 12.1. The Labute approximate surface area is 246 Å². The summed E-state index contributed by atoms with van der Waals surface area (Å²) in [5, 5.41) is 0.578. The molecule has 0 atom stereocenters. The predicted molar refractivity (Wildman–Crippen MR) is 148 cm³/mol. The highest BCUT2D eigenvalue weighted by atomic mass is 32.2. The Morgan fingerprint density at radius 1 is 0.907 bits per heavy atom. The Hall–Kier alpha value is -4.27. The van der Waals surface area contributed by atoms with Gasteiger partial charge in [-0.1, -0.05) is 12.1 Å². The molecule has 0 N–H and O–H groups in total. The number of anilines is 1. The van der Waals surface area contributed by atoms with Gasteiger partial charge in [0.05, 0.1) is 23.1 Å². The fourth-order valence-electron chi connectivity index (χ4n) is 4.43. The van der Waals surface area contributed by atoms with Crippen molar-refractivity contribution in [3.05, 3.63) is 82.0 Å². The number of ether oxygens (including phenoxy) is 2. The van der Waals surface area contributed by atoms with E-state index in [1.54, 1.807) is 30.6 Å². The predicted octanol–water partition coefficient (Wildman–Crippen LogP) is 5.89. The highest BCUT2D eigenvalue weighted by Gasteiger charge is 2.38. The molecule has 0 bridgehead atoms. The maximum absolute atomic E-state index is 13.5. The molecule has 1 fully saturated rings. The number of carbonyl (C=O) groups excluding carboxylic acids is 1. The first-order valence-electron chi connectivity index (χ1n) is 12.8. The fourth-order valence-corrected chi connectivity index (χ4v) is 5.39. The molecule has 3 aromatic rings. The number of methoxy groups -OCH3 is 1. The SMILES string of the molecule is COc1cc(/C=C2\SC(N3CCN(c4ncccn4)CC3)=NC2=O)ccc1OCc1ccc(C(F)(F)F)cc1C(F)(F)F. The van der Waals surface area contributed by atoms with Gasteiger partial charge < -0.3 is 19.3 Å². The van der Waals surface area contributed by atoms with E-state index in [9.17, 15) is 31.1 Å². The summed E-state index contributed by atoms with van der Waals surface area (Å²) in [4.78, 5) is 29.8. The molecule has 0 radical (unpaired) electrons. The van der Waals surface area contributed by atoms with Crippen LogP contribution in [-0.4, -0.2) is 59.2 Å². The second-order valence-corrected chi connectivity index (χ2v) is 10.4. The highest BCUT2D eigenvalue weighted by Crippen LogP contribution is 2.39. The van der Waals surface area contributed by atoms with Gasteiger partial charge in [0.2, 0.25) is 5.95 Å². The first-order chi connectivity index (χ1) is 20.4. The molecule has 0 saturated carbocycles. The number of rotatable bonds is 6. The van der Waals surface area contributed by atoms with E-state index in [4.69, 9.17) is 9.47 Å². The van der Waals surface area contributed by atoms with Gasteiger partial charge in [-0.15, -0.1) is 0 Å². The topological polar surface area (TPSA) is 80.2 Å². The van der Waals surface area contributed by atoms with Crippen molar-refractivity contribution < 1.29 is 40.6 Å². The van der Waals surface area contributed by atoms with Crippen LogP contribution in [0.4, 0.5) is 32.3 Å². The van der Waals surface area contributed by atoms with Crippen molar-refractivity contribution in [1.29, 1.82) is 0 Å². The average molecular weight is 624 g/mol. The van der Waals surface area contributed by atoms with Crippen molar-refractivity contribution in [3.63, 3.8) is 0 Å². The standard InChI is InChI=1S/C28H23F6N5O3S/c1-41-22-13-17(3-6-21(22)42-16-18-4-5-19(27(29,30)31)15-20(18)28(32,33)34)14-23-24(40)37-26(43-23)39-11-9-38(10-12-39)25-35-7-2-8-36-25/h2-8,13-15H,9-12,16H2,1H3/b23-14-. The van der Waals surface area contributed by atoms with Crippen molar-refractivity contribution in [1.82, 2.24) is 14.9 Å². The summed E-state index contributed by atoms with van der Waals surface area (Å²) < 4.78 is 90.3. The summed E-state index contributed by atoms with van der Waals surface area (Å²) in [6.45, 7) is 1.91. The molecule has 0 aliphatic carbocycles. The van der Waals surface area contributed by atoms with Crippen LogP contribution in [0.3, 0.4) is 0 Å². The van der Waals surface area contributed by atoms with E-state index < -0.39 is 41.6 Å². The molecular formula is C28H23F6N5O3S. The summed E-state index contributed by atoms with van der Waals surface area (Å²) in [6, 6.07) is 7.68. The molecule has 226 valence electrons. The zero-order valence-electron chi connectivity index (χ0n) is 22.4. The van der Waals surface area contributed by atoms with Crippen LogP contribution >= 0.6 is 11.8 Å². The third-order valence-electron chi connectivity index (χ3n) is 6.61. The highest BCUT2D eigenvalue weighted by molar-refractivity contribution is 8.18. The lowest BCUT2D eigenvalue weighted by Crippen LogP contribution is -2.48. The number of benzene rings is 2. The monoisotopic (exact) mass is 623 g/mol. The van der Waals surface area contributed by atoms with Crippen molar-refractivity contribution in [2.45, 2.75) is 19.0 Å². The van der Waals surface area contributed by atoms with Crippen molar-refractivity contribution in [2.24, 2.45) is 4.99 Å². The molecular weight excluding hydrogens is 600 g/mol. The number of nitrogens with zero attached hydrogens (tertiary/aromatic N) is 5. The molecule has 5 rings (SSSR count). The fraction of sp³-hybridized carbons (Fsp3) is 0.286. The van der Waals surface area contributed by atoms with Crippen LogP contribution in [0.25, 0.3) is 6.08 Å². The summed E-state index contributed by atoms with van der Waals surface area (Å²) in [5.41, 5.74) is -2.77. The van der Waals surface area contributed by atoms with Crippen LogP contribution in [0.15, 0.2) is 64.8 Å². The lowest BCUT2D eigenvalue weighted by Gasteiger charge is -2.35. The molecule has 8 nitrogen and oxygen atoms in total. The maximum atomic E-state index is 13.5. The normalized spacial score (nSPS) is 17.0. The number of piperazine rings is 1. The maximum Gasteiger partial charge on any atom is 0.416 e. The van der Waals surface area contributed by atoms with E-state index in [1.165, 1.54) is 31.0 Å². The Bertz CT molecular complexity index is 1550. The number of hydrogen-bond acceptors (Lipinski definition) is 8. The van der Waals surface area contributed by atoms with E-state index in [-0.39, 0.29) is 17.6 Å². The molecule has 43 heavy (non-hydrogen) atoms. The van der Waals surface area contributed by atoms with Crippen molar-refractivity contribution in [3.8, 4) is 11.5 Å². The smallest absolute Gasteiger partial charge is 0.416 e. The molecule has 2 aliphatic heterocycles. The number of halogens is 6. The molecule has 0 unspecified atom stereocenters. The number of aliphatic imine (C=N–C) groups is 1. The molecule has 1 aromatic heterocycles. The minimum absolute atomic E-state index is 0.0649. The molecule has 15 heteroatoms. The Morgan fingerprint density at radius 3 is 2.26 bits per heavy atom. The molecule has 1 amide bonds. The van der Waals surface area contributed by atoms with E-state index >= 15 is 0 Å². The van der Waals surface area contributed by atoms with E-state index in [1.807, 2.05) is 9.80 Å². The molecule has 3 heterocycles. The van der Waals surface area contributed by atoms with Gasteiger partial charge in [0.1, 0.15) is 6.61 Å². The van der Waals surface area contributed by atoms with E-state index in [0.29, 0.717) is 53.8 Å². The Morgan fingerprint density at radius 2 is 1.60 bits per heavy atom. The summed E-state index contributed by atoms with van der Waals surface area (Å²) in [5.74, 6) is 0.461. The number of aromatic nitrogens is 2. The number of amidine groups is 1. The second-order valence-electron chi connectivity index (χ2n) is 9.40. The summed E-state index contributed by atoms with van der Waals surface area (Å²) in [6.07, 6.45) is -4.97. The number of amides is 1. The minimum atomic E-state index is -5.02.